The molecule has 0 saturated carbocycles. The van der Waals surface area contributed by atoms with Gasteiger partial charge in [0.15, 0.2) is 0 Å². The van der Waals surface area contributed by atoms with Crippen molar-refractivity contribution in [2.75, 3.05) is 12.9 Å². The van der Waals surface area contributed by atoms with Crippen LogP contribution in [0.15, 0.2) is 0 Å². The normalized spacial score (nSPS) is 15.3. The maximum Gasteiger partial charge on any atom is 0.0238 e. The van der Waals surface area contributed by atoms with E-state index in [0.717, 1.165) is 12.3 Å². The molecule has 0 aromatic carbocycles. The molecule has 0 amide bonds. The highest BCUT2D eigenvalue weighted by molar-refractivity contribution is 6.17. The minimum Gasteiger partial charge on any atom is -0.316 e. The summed E-state index contributed by atoms with van der Waals surface area (Å²) in [6.45, 7) is 6.67. The Labute approximate surface area is 69.1 Å². The number of hydrogen-bond acceptors (Lipinski definition) is 1. The molecule has 0 spiro atoms. The lowest BCUT2D eigenvalue weighted by Gasteiger charge is -2.29. The molecular formula is C8H18ClN. The standard InChI is InChI=1S/C8H18ClN/c1-8(2,3)7(10-4)5-6-9/h7,10H,5-6H2,1-4H3. The van der Waals surface area contributed by atoms with Crippen LogP contribution in [-0.2, 0) is 0 Å². The molecule has 0 rings (SSSR count). The molecular weight excluding hydrogens is 146 g/mol. The lowest BCUT2D eigenvalue weighted by Crippen LogP contribution is -2.38. The number of hydrogen-bond donors (Lipinski definition) is 1. The molecule has 1 unspecified atom stereocenters. The second kappa shape index (κ2) is 4.20. The summed E-state index contributed by atoms with van der Waals surface area (Å²) in [4.78, 5) is 0. The Morgan fingerprint density at radius 1 is 1.40 bits per heavy atom. The number of alkyl halides is 1. The van der Waals surface area contributed by atoms with Crippen LogP contribution in [0.25, 0.3) is 0 Å². The summed E-state index contributed by atoms with van der Waals surface area (Å²) in [6.07, 6.45) is 1.04. The number of rotatable bonds is 3. The van der Waals surface area contributed by atoms with E-state index < -0.39 is 0 Å². The summed E-state index contributed by atoms with van der Waals surface area (Å²) in [5, 5.41) is 3.26. The minimum absolute atomic E-state index is 0.323. The Morgan fingerprint density at radius 3 is 2.00 bits per heavy atom. The van der Waals surface area contributed by atoms with Crippen LogP contribution in [0.2, 0.25) is 0 Å². The van der Waals surface area contributed by atoms with E-state index in [0.29, 0.717) is 11.5 Å². The van der Waals surface area contributed by atoms with E-state index in [1.807, 2.05) is 7.05 Å². The van der Waals surface area contributed by atoms with Crippen molar-refractivity contribution in [2.45, 2.75) is 33.2 Å². The zero-order valence-corrected chi connectivity index (χ0v) is 8.13. The average molecular weight is 164 g/mol. The van der Waals surface area contributed by atoms with Crippen molar-refractivity contribution in [3.8, 4) is 0 Å². The molecule has 62 valence electrons. The topological polar surface area (TPSA) is 12.0 Å². The first kappa shape index (κ1) is 10.2. The molecule has 0 fully saturated rings. The van der Waals surface area contributed by atoms with Crippen molar-refractivity contribution in [1.29, 1.82) is 0 Å². The van der Waals surface area contributed by atoms with Crippen LogP contribution in [0.3, 0.4) is 0 Å². The summed E-state index contributed by atoms with van der Waals surface area (Å²) >= 11 is 5.64. The predicted octanol–water partition coefficient (Wildman–Crippen LogP) is 2.25. The van der Waals surface area contributed by atoms with Crippen LogP contribution in [0.1, 0.15) is 27.2 Å². The maximum atomic E-state index is 5.64. The van der Waals surface area contributed by atoms with Crippen molar-refractivity contribution >= 4 is 11.6 Å². The van der Waals surface area contributed by atoms with Crippen molar-refractivity contribution in [3.05, 3.63) is 0 Å². The SMILES string of the molecule is CNC(CCCl)C(C)(C)C. The van der Waals surface area contributed by atoms with Gasteiger partial charge in [-0.25, -0.2) is 0 Å². The van der Waals surface area contributed by atoms with Gasteiger partial charge in [-0.15, -0.1) is 11.6 Å². The summed E-state index contributed by atoms with van der Waals surface area (Å²) in [5.41, 5.74) is 0.323. The van der Waals surface area contributed by atoms with Gasteiger partial charge in [0, 0.05) is 11.9 Å². The van der Waals surface area contributed by atoms with Crippen LogP contribution >= 0.6 is 11.6 Å². The molecule has 0 aromatic heterocycles. The third kappa shape index (κ3) is 3.43. The largest absolute Gasteiger partial charge is 0.316 e. The van der Waals surface area contributed by atoms with E-state index in [2.05, 4.69) is 26.1 Å². The highest BCUT2D eigenvalue weighted by atomic mass is 35.5. The van der Waals surface area contributed by atoms with Crippen molar-refractivity contribution in [3.63, 3.8) is 0 Å². The zero-order chi connectivity index (χ0) is 8.20. The first-order valence-corrected chi connectivity index (χ1v) is 4.29. The lowest BCUT2D eigenvalue weighted by molar-refractivity contribution is 0.276. The number of halogens is 1. The van der Waals surface area contributed by atoms with Gasteiger partial charge < -0.3 is 5.32 Å². The van der Waals surface area contributed by atoms with E-state index in [1.54, 1.807) is 0 Å². The summed E-state index contributed by atoms with van der Waals surface area (Å²) in [5.74, 6) is 0.739. The second-order valence-electron chi connectivity index (χ2n) is 3.68. The fraction of sp³-hybridized carbons (Fsp3) is 1.00. The third-order valence-electron chi connectivity index (χ3n) is 1.79. The van der Waals surface area contributed by atoms with E-state index >= 15 is 0 Å². The van der Waals surface area contributed by atoms with Crippen LogP contribution in [0, 0.1) is 5.41 Å². The molecule has 0 heterocycles. The van der Waals surface area contributed by atoms with Crippen molar-refractivity contribution in [1.82, 2.24) is 5.32 Å². The molecule has 10 heavy (non-hydrogen) atoms. The van der Waals surface area contributed by atoms with Crippen LogP contribution in [-0.4, -0.2) is 19.0 Å². The Bertz CT molecular complexity index is 85.7. The molecule has 0 radical (unpaired) electrons. The minimum atomic E-state index is 0.323. The molecule has 0 aliphatic heterocycles. The molecule has 1 atom stereocenters. The Balaban J connectivity index is 3.81. The van der Waals surface area contributed by atoms with Crippen molar-refractivity contribution < 1.29 is 0 Å². The molecule has 0 bridgehead atoms. The van der Waals surface area contributed by atoms with Gasteiger partial charge >= 0.3 is 0 Å². The highest BCUT2D eigenvalue weighted by Crippen LogP contribution is 2.21. The lowest BCUT2D eigenvalue weighted by atomic mass is 9.85. The third-order valence-corrected chi connectivity index (χ3v) is 2.01. The summed E-state index contributed by atoms with van der Waals surface area (Å²) in [6, 6.07) is 0.532. The average Bonchev–Trinajstić information content (AvgIpc) is 1.80. The first-order chi connectivity index (χ1) is 4.52. The Morgan fingerprint density at radius 2 is 1.90 bits per heavy atom. The molecule has 2 heteroatoms. The van der Waals surface area contributed by atoms with Crippen molar-refractivity contribution in [2.24, 2.45) is 5.41 Å². The fourth-order valence-electron chi connectivity index (χ4n) is 1.12. The highest BCUT2D eigenvalue weighted by Gasteiger charge is 2.21. The van der Waals surface area contributed by atoms with Crippen LogP contribution < -0.4 is 5.32 Å². The molecule has 1 nitrogen and oxygen atoms in total. The monoisotopic (exact) mass is 163 g/mol. The molecule has 0 aromatic rings. The van der Waals surface area contributed by atoms with Gasteiger partial charge in [-0.2, -0.15) is 0 Å². The summed E-state index contributed by atoms with van der Waals surface area (Å²) in [7, 11) is 1.99. The van der Waals surface area contributed by atoms with Gasteiger partial charge in [0.05, 0.1) is 0 Å². The predicted molar refractivity (Wildman–Crippen MR) is 47.6 cm³/mol. The summed E-state index contributed by atoms with van der Waals surface area (Å²) < 4.78 is 0. The van der Waals surface area contributed by atoms with E-state index in [4.69, 9.17) is 11.6 Å². The fourth-order valence-corrected chi connectivity index (χ4v) is 1.34. The van der Waals surface area contributed by atoms with Gasteiger partial charge in [0.25, 0.3) is 0 Å². The van der Waals surface area contributed by atoms with E-state index in [1.165, 1.54) is 0 Å². The first-order valence-electron chi connectivity index (χ1n) is 3.75. The van der Waals surface area contributed by atoms with Gasteiger partial charge in [0.2, 0.25) is 0 Å². The van der Waals surface area contributed by atoms with Gasteiger partial charge in [-0.3, -0.25) is 0 Å². The molecule has 0 aliphatic carbocycles. The molecule has 1 N–H and O–H groups in total. The zero-order valence-electron chi connectivity index (χ0n) is 7.37. The molecule has 0 aliphatic rings. The second-order valence-corrected chi connectivity index (χ2v) is 4.06. The quantitative estimate of drug-likeness (QED) is 0.630. The number of nitrogens with one attached hydrogen (secondary N) is 1. The maximum absolute atomic E-state index is 5.64. The van der Waals surface area contributed by atoms with E-state index in [-0.39, 0.29) is 0 Å². The Kier molecular flexibility index (Phi) is 4.30. The van der Waals surface area contributed by atoms with Gasteiger partial charge in [0.1, 0.15) is 0 Å². The smallest absolute Gasteiger partial charge is 0.0238 e. The molecule has 0 saturated heterocycles. The Hall–Kier alpha value is 0.250. The van der Waals surface area contributed by atoms with Gasteiger partial charge in [-0.05, 0) is 18.9 Å². The van der Waals surface area contributed by atoms with Crippen LogP contribution in [0.5, 0.6) is 0 Å². The van der Waals surface area contributed by atoms with E-state index in [9.17, 15) is 0 Å². The van der Waals surface area contributed by atoms with Crippen LogP contribution in [0.4, 0.5) is 0 Å². The van der Waals surface area contributed by atoms with Gasteiger partial charge in [-0.1, -0.05) is 20.8 Å².